The third-order valence-corrected chi connectivity index (χ3v) is 8.72. The zero-order valence-electron chi connectivity index (χ0n) is 25.1. The van der Waals surface area contributed by atoms with Crippen molar-refractivity contribution in [3.8, 4) is 5.75 Å². The van der Waals surface area contributed by atoms with E-state index in [9.17, 15) is 14.7 Å². The van der Waals surface area contributed by atoms with E-state index < -0.39 is 6.29 Å². The Kier molecular flexibility index (Phi) is 13.5. The third kappa shape index (κ3) is 10.3. The van der Waals surface area contributed by atoms with Crippen LogP contribution in [0.2, 0.25) is 0 Å². The number of aliphatic hydroxyl groups is 1. The normalized spacial score (nSPS) is 18.0. The highest BCUT2D eigenvalue weighted by atomic mass is 32.2. The first-order valence-corrected chi connectivity index (χ1v) is 16.0. The number of ether oxygens (including phenoxy) is 3. The Hall–Kier alpha value is -3.41. The number of para-hydroxylation sites is 1. The van der Waals surface area contributed by atoms with Gasteiger partial charge in [-0.25, -0.2) is 5.48 Å². The zero-order valence-corrected chi connectivity index (χ0v) is 25.9. The van der Waals surface area contributed by atoms with E-state index in [1.807, 2.05) is 72.8 Å². The van der Waals surface area contributed by atoms with Gasteiger partial charge in [-0.15, -0.1) is 11.8 Å². The molecule has 0 bridgehead atoms. The molecule has 1 fully saturated rings. The average Bonchev–Trinajstić information content (AvgIpc) is 3.08. The summed E-state index contributed by atoms with van der Waals surface area (Å²) in [5, 5.41) is 21.0. The Morgan fingerprint density at radius 3 is 2.20 bits per heavy atom. The maximum Gasteiger partial charge on any atom is 0.243 e. The molecule has 44 heavy (non-hydrogen) atoms. The summed E-state index contributed by atoms with van der Waals surface area (Å²) in [4.78, 5) is 24.4. The lowest BCUT2D eigenvalue weighted by Gasteiger charge is -2.36. The average molecular weight is 623 g/mol. The fraction of sp³-hybridized carbons (Fsp3) is 0.412. The van der Waals surface area contributed by atoms with E-state index in [1.54, 1.807) is 24.4 Å². The van der Waals surface area contributed by atoms with Crippen molar-refractivity contribution >= 4 is 23.6 Å². The number of aliphatic hydroxyl groups excluding tert-OH is 1. The molecule has 10 heteroatoms. The van der Waals surface area contributed by atoms with Crippen LogP contribution in [0.3, 0.4) is 0 Å². The Balaban J connectivity index is 1.32. The van der Waals surface area contributed by atoms with Gasteiger partial charge in [0.15, 0.2) is 6.29 Å². The first-order valence-electron chi connectivity index (χ1n) is 15.0. The molecule has 3 aromatic rings. The van der Waals surface area contributed by atoms with Gasteiger partial charge in [0, 0.05) is 42.0 Å². The van der Waals surface area contributed by atoms with Crippen LogP contribution in [-0.2, 0) is 32.2 Å². The number of carbonyl (C=O) groups excluding carboxylic acids is 2. The molecule has 3 atom stereocenters. The number of rotatable bonds is 16. The predicted molar refractivity (Wildman–Crippen MR) is 168 cm³/mol. The molecule has 1 aliphatic rings. The van der Waals surface area contributed by atoms with Crippen molar-refractivity contribution in [3.63, 3.8) is 0 Å². The fourth-order valence-corrected chi connectivity index (χ4v) is 6.05. The second-order valence-electron chi connectivity index (χ2n) is 10.8. The Bertz CT molecular complexity index is 1320. The predicted octanol–water partition coefficient (Wildman–Crippen LogP) is 5.99. The number of hydroxylamine groups is 1. The van der Waals surface area contributed by atoms with Crippen LogP contribution < -0.4 is 15.5 Å². The molecule has 0 saturated carbocycles. The van der Waals surface area contributed by atoms with Crippen LogP contribution in [0.15, 0.2) is 77.7 Å². The first kappa shape index (κ1) is 33.5. The van der Waals surface area contributed by atoms with Crippen LogP contribution in [0.1, 0.15) is 79.6 Å². The SMILES string of the molecule is COc1ccccc1SC[C@@H]1C[C@H](c2ccc(CO)cc2)O[C@H](c2ccc(CNC(=O)CCCCCCC(=O)NO)cc2)O1. The van der Waals surface area contributed by atoms with E-state index in [0.717, 1.165) is 57.9 Å². The fourth-order valence-electron chi connectivity index (χ4n) is 5.01. The second-order valence-corrected chi connectivity index (χ2v) is 11.8. The Labute approximate surface area is 263 Å². The molecule has 236 valence electrons. The highest BCUT2D eigenvalue weighted by molar-refractivity contribution is 7.99. The lowest BCUT2D eigenvalue weighted by atomic mass is 10.0. The van der Waals surface area contributed by atoms with Crippen molar-refractivity contribution < 1.29 is 34.1 Å². The van der Waals surface area contributed by atoms with Gasteiger partial charge >= 0.3 is 0 Å². The number of thioether (sulfide) groups is 1. The van der Waals surface area contributed by atoms with Crippen molar-refractivity contribution in [1.82, 2.24) is 10.8 Å². The Morgan fingerprint density at radius 1 is 0.864 bits per heavy atom. The maximum absolute atomic E-state index is 12.3. The van der Waals surface area contributed by atoms with Crippen LogP contribution in [0.25, 0.3) is 0 Å². The summed E-state index contributed by atoms with van der Waals surface area (Å²) in [6, 6.07) is 23.7. The first-order chi connectivity index (χ1) is 21.5. The van der Waals surface area contributed by atoms with Crippen LogP contribution in [0, 0.1) is 0 Å². The van der Waals surface area contributed by atoms with Gasteiger partial charge < -0.3 is 24.6 Å². The number of benzene rings is 3. The minimum atomic E-state index is -0.554. The lowest BCUT2D eigenvalue weighted by molar-refractivity contribution is -0.245. The van der Waals surface area contributed by atoms with Gasteiger partial charge in [0.2, 0.25) is 11.8 Å². The van der Waals surface area contributed by atoms with Crippen molar-refractivity contribution in [1.29, 1.82) is 0 Å². The lowest BCUT2D eigenvalue weighted by Crippen LogP contribution is -2.31. The van der Waals surface area contributed by atoms with Crippen LogP contribution in [0.5, 0.6) is 5.75 Å². The van der Waals surface area contributed by atoms with Gasteiger partial charge in [-0.1, -0.05) is 73.5 Å². The van der Waals surface area contributed by atoms with E-state index in [-0.39, 0.29) is 37.0 Å². The molecule has 4 rings (SSSR count). The topological polar surface area (TPSA) is 126 Å². The molecule has 9 nitrogen and oxygen atoms in total. The molecule has 4 N–H and O–H groups in total. The molecule has 0 aromatic heterocycles. The van der Waals surface area contributed by atoms with E-state index in [0.29, 0.717) is 25.8 Å². The maximum atomic E-state index is 12.3. The van der Waals surface area contributed by atoms with Crippen LogP contribution in [0.4, 0.5) is 0 Å². The molecule has 3 aromatic carbocycles. The monoisotopic (exact) mass is 622 g/mol. The van der Waals surface area contributed by atoms with Crippen LogP contribution >= 0.6 is 11.8 Å². The highest BCUT2D eigenvalue weighted by Crippen LogP contribution is 2.40. The van der Waals surface area contributed by atoms with E-state index >= 15 is 0 Å². The molecular weight excluding hydrogens is 580 g/mol. The molecule has 1 heterocycles. The van der Waals surface area contributed by atoms with E-state index in [1.165, 1.54) is 0 Å². The number of hydrogen-bond acceptors (Lipinski definition) is 8. The molecular formula is C34H42N2O7S. The number of methoxy groups -OCH3 is 1. The summed E-state index contributed by atoms with van der Waals surface area (Å²) in [5.74, 6) is 1.18. The molecule has 1 aliphatic heterocycles. The van der Waals surface area contributed by atoms with Gasteiger partial charge in [-0.2, -0.15) is 0 Å². The molecule has 2 amide bonds. The van der Waals surface area contributed by atoms with Crippen molar-refractivity contribution in [2.45, 2.75) is 81.5 Å². The van der Waals surface area contributed by atoms with Crippen molar-refractivity contribution in [2.24, 2.45) is 0 Å². The minimum absolute atomic E-state index is 0.00406. The second kappa shape index (κ2) is 17.8. The van der Waals surface area contributed by atoms with Gasteiger partial charge in [0.25, 0.3) is 0 Å². The third-order valence-electron chi connectivity index (χ3n) is 7.53. The summed E-state index contributed by atoms with van der Waals surface area (Å²) >= 11 is 1.70. The number of hydrogen-bond donors (Lipinski definition) is 4. The zero-order chi connectivity index (χ0) is 31.1. The smallest absolute Gasteiger partial charge is 0.243 e. The number of amides is 2. The standard InChI is InChI=1S/C34H42N2O7S/c1-41-29-8-6-7-9-31(29)44-23-28-20-30(26-16-14-25(22-37)15-17-26)43-34(42-28)27-18-12-24(13-19-27)21-35-32(38)10-4-2-3-5-11-33(39)36-40/h6-9,12-19,28,30,34,37,40H,2-5,10-11,20-23H2,1H3,(H,35,38)(H,36,39)/t28-,30+,34+/m0/s1. The number of unbranched alkanes of at least 4 members (excludes halogenated alkanes) is 3. The van der Waals surface area contributed by atoms with Gasteiger partial charge in [0.05, 0.1) is 25.9 Å². The summed E-state index contributed by atoms with van der Waals surface area (Å²) in [7, 11) is 1.68. The van der Waals surface area contributed by atoms with Gasteiger partial charge in [-0.05, 0) is 41.7 Å². The summed E-state index contributed by atoms with van der Waals surface area (Å²) in [5.41, 5.74) is 5.40. The number of carbonyl (C=O) groups is 2. The quantitative estimate of drug-likeness (QED) is 0.0665. The largest absolute Gasteiger partial charge is 0.496 e. The summed E-state index contributed by atoms with van der Waals surface area (Å²) < 4.78 is 18.5. The minimum Gasteiger partial charge on any atom is -0.496 e. The molecule has 0 unspecified atom stereocenters. The van der Waals surface area contributed by atoms with Crippen molar-refractivity contribution in [2.75, 3.05) is 12.9 Å². The van der Waals surface area contributed by atoms with Crippen molar-refractivity contribution in [3.05, 3.63) is 95.1 Å². The molecule has 0 aliphatic carbocycles. The molecule has 1 saturated heterocycles. The van der Waals surface area contributed by atoms with E-state index in [4.69, 9.17) is 19.4 Å². The number of nitrogens with one attached hydrogen (secondary N) is 2. The summed E-state index contributed by atoms with van der Waals surface area (Å²) in [6.07, 6.45) is 3.75. The van der Waals surface area contributed by atoms with Crippen LogP contribution in [-0.4, -0.2) is 41.1 Å². The van der Waals surface area contributed by atoms with Gasteiger partial charge in [0.1, 0.15) is 5.75 Å². The Morgan fingerprint density at radius 2 is 1.52 bits per heavy atom. The van der Waals surface area contributed by atoms with E-state index in [2.05, 4.69) is 5.32 Å². The summed E-state index contributed by atoms with van der Waals surface area (Å²) in [6.45, 7) is 0.427. The molecule has 0 spiro atoms. The molecule has 0 radical (unpaired) electrons. The van der Waals surface area contributed by atoms with Gasteiger partial charge in [-0.3, -0.25) is 14.8 Å². The highest BCUT2D eigenvalue weighted by Gasteiger charge is 2.32.